The van der Waals surface area contributed by atoms with E-state index in [-0.39, 0.29) is 36.7 Å². The summed E-state index contributed by atoms with van der Waals surface area (Å²) in [6.07, 6.45) is -2.71. The molecule has 6 nitrogen and oxygen atoms in total. The van der Waals surface area contributed by atoms with E-state index in [9.17, 15) is 18.0 Å². The number of aryl methyl sites for hydroxylation is 1. The summed E-state index contributed by atoms with van der Waals surface area (Å²) >= 11 is 5.61. The predicted octanol–water partition coefficient (Wildman–Crippen LogP) is 5.04. The predicted molar refractivity (Wildman–Crippen MR) is 129 cm³/mol. The molecule has 1 N–H and O–H groups in total. The number of thiocarbonyl (C=S) groups is 1. The minimum atomic E-state index is -4.50. The van der Waals surface area contributed by atoms with Crippen molar-refractivity contribution in [3.05, 3.63) is 82.9 Å². The highest BCUT2D eigenvalue weighted by atomic mass is 32.1. The normalized spacial score (nSPS) is 18.0. The molecule has 0 aliphatic carbocycles. The second kappa shape index (κ2) is 9.69. The first-order valence-corrected chi connectivity index (χ1v) is 11.4. The van der Waals surface area contributed by atoms with Crippen molar-refractivity contribution in [1.82, 2.24) is 19.8 Å². The number of nitrogens with one attached hydrogen (secondary N) is 1. The third kappa shape index (κ3) is 4.75. The number of halogens is 3. The van der Waals surface area contributed by atoms with Gasteiger partial charge in [-0.05, 0) is 62.0 Å². The molecule has 0 amide bonds. The zero-order valence-corrected chi connectivity index (χ0v) is 20.3. The topological polar surface area (TPSA) is 59.4 Å². The van der Waals surface area contributed by atoms with Gasteiger partial charge in [0.2, 0.25) is 0 Å². The molecule has 0 saturated carbocycles. The summed E-state index contributed by atoms with van der Waals surface area (Å²) in [6.45, 7) is 3.86. The standard InChI is InChI=1S/C25H25F3N4O2S/c1-15-14-17(16(2)32(15)20-10-5-4-8-18(20)25(26,27)28)23-22(19-9-6-7-12-29-19)30-24(35)31(23)13-11-21(33)34-3/h4-10,12,14,22-23H,11,13H2,1-3H3,(H,30,35)/t22-,23+/m0/s1. The monoisotopic (exact) mass is 502 g/mol. The Morgan fingerprint density at radius 1 is 1.17 bits per heavy atom. The third-order valence-electron chi connectivity index (χ3n) is 6.22. The first-order chi connectivity index (χ1) is 16.6. The lowest BCUT2D eigenvalue weighted by molar-refractivity contribution is -0.141. The molecule has 1 aromatic carbocycles. The molecule has 184 valence electrons. The fourth-order valence-corrected chi connectivity index (χ4v) is 5.00. The van der Waals surface area contributed by atoms with Crippen LogP contribution >= 0.6 is 12.2 Å². The van der Waals surface area contributed by atoms with Crippen LogP contribution in [0, 0.1) is 13.8 Å². The summed E-state index contributed by atoms with van der Waals surface area (Å²) in [4.78, 5) is 18.2. The number of benzene rings is 1. The molecule has 1 fully saturated rings. The maximum Gasteiger partial charge on any atom is 0.418 e. The van der Waals surface area contributed by atoms with Crippen LogP contribution < -0.4 is 5.32 Å². The Hall–Kier alpha value is -3.40. The molecule has 1 aliphatic heterocycles. The van der Waals surface area contributed by atoms with E-state index >= 15 is 0 Å². The lowest BCUT2D eigenvalue weighted by atomic mass is 9.96. The molecular formula is C25H25F3N4O2S. The number of aromatic nitrogens is 2. The van der Waals surface area contributed by atoms with Crippen LogP contribution in [-0.4, -0.2) is 39.2 Å². The minimum absolute atomic E-state index is 0.0604. The van der Waals surface area contributed by atoms with Crippen LogP contribution in [0.1, 0.15) is 46.7 Å². The summed E-state index contributed by atoms with van der Waals surface area (Å²) in [5.41, 5.74) is 2.19. The van der Waals surface area contributed by atoms with Crippen molar-refractivity contribution in [2.75, 3.05) is 13.7 Å². The summed E-state index contributed by atoms with van der Waals surface area (Å²) in [7, 11) is 1.32. The molecule has 35 heavy (non-hydrogen) atoms. The van der Waals surface area contributed by atoms with E-state index in [0.29, 0.717) is 16.5 Å². The van der Waals surface area contributed by atoms with Gasteiger partial charge >= 0.3 is 12.1 Å². The lowest BCUT2D eigenvalue weighted by Gasteiger charge is -2.28. The number of methoxy groups -OCH3 is 1. The van der Waals surface area contributed by atoms with Gasteiger partial charge in [-0.25, -0.2) is 0 Å². The van der Waals surface area contributed by atoms with Crippen LogP contribution in [0.25, 0.3) is 5.69 Å². The number of esters is 1. The van der Waals surface area contributed by atoms with Crippen LogP contribution in [0.5, 0.6) is 0 Å². The summed E-state index contributed by atoms with van der Waals surface area (Å²) in [5.74, 6) is -0.377. The van der Waals surface area contributed by atoms with Gasteiger partial charge in [-0.15, -0.1) is 0 Å². The Bertz CT molecular complexity index is 1240. The number of para-hydroxylation sites is 1. The van der Waals surface area contributed by atoms with Gasteiger partial charge in [-0.3, -0.25) is 9.78 Å². The second-order valence-electron chi connectivity index (χ2n) is 8.32. The second-order valence-corrected chi connectivity index (χ2v) is 8.71. The number of nitrogens with zero attached hydrogens (tertiary/aromatic N) is 3. The Labute approximate surface area is 206 Å². The number of hydrogen-bond acceptors (Lipinski definition) is 4. The quantitative estimate of drug-likeness (QED) is 0.376. The van der Waals surface area contributed by atoms with Crippen LogP contribution in [0.4, 0.5) is 13.2 Å². The van der Waals surface area contributed by atoms with Crippen LogP contribution in [0.2, 0.25) is 0 Å². The Balaban J connectivity index is 1.84. The third-order valence-corrected chi connectivity index (χ3v) is 6.57. The smallest absolute Gasteiger partial charge is 0.418 e. The number of hydrogen-bond donors (Lipinski definition) is 1. The summed E-state index contributed by atoms with van der Waals surface area (Å²) in [6, 6.07) is 12.2. The van der Waals surface area contributed by atoms with Gasteiger partial charge < -0.3 is 19.5 Å². The van der Waals surface area contributed by atoms with Crippen molar-refractivity contribution < 1.29 is 22.7 Å². The van der Waals surface area contributed by atoms with E-state index < -0.39 is 11.7 Å². The Morgan fingerprint density at radius 3 is 2.54 bits per heavy atom. The van der Waals surface area contributed by atoms with E-state index in [1.54, 1.807) is 36.7 Å². The number of ether oxygens (including phenoxy) is 1. The van der Waals surface area contributed by atoms with Gasteiger partial charge in [0.25, 0.3) is 0 Å². The molecule has 3 heterocycles. The molecule has 0 bridgehead atoms. The first-order valence-electron chi connectivity index (χ1n) is 11.0. The van der Waals surface area contributed by atoms with E-state index in [1.807, 2.05) is 23.1 Å². The van der Waals surface area contributed by atoms with Gasteiger partial charge in [-0.2, -0.15) is 13.2 Å². The first kappa shape index (κ1) is 24.7. The van der Waals surface area contributed by atoms with Crippen molar-refractivity contribution in [1.29, 1.82) is 0 Å². The molecule has 0 unspecified atom stereocenters. The molecule has 3 aromatic rings. The highest BCUT2D eigenvalue weighted by Gasteiger charge is 2.42. The number of alkyl halides is 3. The van der Waals surface area contributed by atoms with E-state index in [1.165, 1.54) is 19.2 Å². The van der Waals surface area contributed by atoms with E-state index in [0.717, 1.165) is 17.3 Å². The molecule has 2 atom stereocenters. The van der Waals surface area contributed by atoms with Crippen LogP contribution in [0.15, 0.2) is 54.7 Å². The van der Waals surface area contributed by atoms with Gasteiger partial charge in [0.15, 0.2) is 5.11 Å². The number of rotatable bonds is 6. The molecule has 1 aliphatic rings. The maximum absolute atomic E-state index is 13.8. The van der Waals surface area contributed by atoms with Crippen molar-refractivity contribution in [3.63, 3.8) is 0 Å². The van der Waals surface area contributed by atoms with Crippen molar-refractivity contribution in [2.24, 2.45) is 0 Å². The van der Waals surface area contributed by atoms with Gasteiger partial charge in [-0.1, -0.05) is 18.2 Å². The van der Waals surface area contributed by atoms with E-state index in [2.05, 4.69) is 10.3 Å². The SMILES string of the molecule is COC(=O)CCN1C(=S)N[C@@H](c2ccccn2)[C@H]1c1cc(C)n(-c2ccccc2C(F)(F)F)c1C. The summed E-state index contributed by atoms with van der Waals surface area (Å²) < 4.78 is 47.8. The van der Waals surface area contributed by atoms with Crippen molar-refractivity contribution in [2.45, 2.75) is 38.5 Å². The largest absolute Gasteiger partial charge is 0.469 e. The molecule has 1 saturated heterocycles. The maximum atomic E-state index is 13.8. The molecular weight excluding hydrogens is 477 g/mol. The van der Waals surface area contributed by atoms with Gasteiger partial charge in [0.1, 0.15) is 0 Å². The fourth-order valence-electron chi connectivity index (χ4n) is 4.66. The van der Waals surface area contributed by atoms with Crippen molar-refractivity contribution in [3.8, 4) is 5.69 Å². The molecule has 2 aromatic heterocycles. The van der Waals surface area contributed by atoms with Gasteiger partial charge in [0, 0.05) is 24.1 Å². The molecule has 4 rings (SSSR count). The van der Waals surface area contributed by atoms with E-state index in [4.69, 9.17) is 17.0 Å². The molecule has 10 heteroatoms. The van der Waals surface area contributed by atoms with Gasteiger partial charge in [0.05, 0.1) is 42.6 Å². The zero-order chi connectivity index (χ0) is 25.3. The number of pyridine rings is 1. The Kier molecular flexibility index (Phi) is 6.84. The minimum Gasteiger partial charge on any atom is -0.469 e. The number of carbonyl (C=O) groups is 1. The zero-order valence-electron chi connectivity index (χ0n) is 19.5. The lowest BCUT2D eigenvalue weighted by Crippen LogP contribution is -2.32. The average molecular weight is 503 g/mol. The molecule has 0 spiro atoms. The fraction of sp³-hybridized carbons (Fsp3) is 0.320. The van der Waals surface area contributed by atoms with Crippen LogP contribution in [-0.2, 0) is 15.7 Å². The number of carbonyl (C=O) groups excluding carboxylic acids is 1. The Morgan fingerprint density at radius 2 is 1.89 bits per heavy atom. The summed E-state index contributed by atoms with van der Waals surface area (Å²) in [5, 5.41) is 3.74. The highest BCUT2D eigenvalue weighted by molar-refractivity contribution is 7.80. The van der Waals surface area contributed by atoms with Crippen molar-refractivity contribution >= 4 is 23.3 Å². The van der Waals surface area contributed by atoms with Crippen LogP contribution in [0.3, 0.4) is 0 Å². The average Bonchev–Trinajstić information content (AvgIpc) is 3.32. The molecule has 0 radical (unpaired) electrons. The highest BCUT2D eigenvalue weighted by Crippen LogP contribution is 2.42.